The van der Waals surface area contributed by atoms with Gasteiger partial charge in [-0.15, -0.1) is 0 Å². The van der Waals surface area contributed by atoms with Crippen molar-refractivity contribution in [3.63, 3.8) is 0 Å². The van der Waals surface area contributed by atoms with E-state index in [2.05, 4.69) is 5.32 Å². The minimum Gasteiger partial charge on any atom is -0.481 e. The SMILES string of the molecule is Cc1cc(F)cc(C)c1-c1cc([C@H](CC(=O)O)NC(=O)/C(=C/C(=O)c2cccn(CCN3CC(F)C3)c2=O)CC(C)C)c(F)c(C(F)(F)F)c1. The first-order valence-electron chi connectivity index (χ1n) is 15.9. The summed E-state index contributed by atoms with van der Waals surface area (Å²) in [4.78, 5) is 53.8. The Kier molecular flexibility index (Phi) is 11.8. The lowest BCUT2D eigenvalue weighted by Gasteiger charge is -2.34. The van der Waals surface area contributed by atoms with Crippen molar-refractivity contribution in [2.45, 2.75) is 65.5 Å². The molecule has 0 bridgehead atoms. The number of pyridine rings is 1. The summed E-state index contributed by atoms with van der Waals surface area (Å²) in [5.74, 6) is -6.19. The number of nitrogens with one attached hydrogen (secondary N) is 1. The molecule has 0 aliphatic carbocycles. The highest BCUT2D eigenvalue weighted by Gasteiger charge is 2.38. The molecule has 1 aliphatic heterocycles. The molecule has 1 fully saturated rings. The number of aliphatic carboxylic acids is 1. The second kappa shape index (κ2) is 15.4. The number of halogens is 6. The smallest absolute Gasteiger partial charge is 0.419 e. The number of hydrogen-bond donors (Lipinski definition) is 2. The number of amides is 1. The number of carbonyl (C=O) groups excluding carboxylic acids is 2. The summed E-state index contributed by atoms with van der Waals surface area (Å²) >= 11 is 0. The lowest BCUT2D eigenvalue weighted by Crippen LogP contribution is -2.49. The minimum absolute atomic E-state index is 0.0674. The van der Waals surface area contributed by atoms with E-state index in [-0.39, 0.29) is 65.4 Å². The van der Waals surface area contributed by atoms with Gasteiger partial charge in [0.05, 0.1) is 23.6 Å². The number of rotatable bonds is 13. The fourth-order valence-corrected chi connectivity index (χ4v) is 6.01. The van der Waals surface area contributed by atoms with Gasteiger partial charge in [-0.2, -0.15) is 13.2 Å². The van der Waals surface area contributed by atoms with Crippen LogP contribution in [-0.4, -0.2) is 58.0 Å². The average Bonchev–Trinajstić information content (AvgIpc) is 2.97. The number of benzene rings is 2. The topological polar surface area (TPSA) is 109 Å². The number of nitrogens with zero attached hydrogens (tertiary/aromatic N) is 2. The highest BCUT2D eigenvalue weighted by atomic mass is 19.4. The summed E-state index contributed by atoms with van der Waals surface area (Å²) in [5.41, 5.74) is -3.21. The number of carbonyl (C=O) groups is 3. The van der Waals surface area contributed by atoms with E-state index in [1.54, 1.807) is 18.7 Å². The fraction of sp³-hybridized carbons (Fsp3) is 0.389. The Labute approximate surface area is 284 Å². The van der Waals surface area contributed by atoms with Gasteiger partial charge in [-0.05, 0) is 90.9 Å². The van der Waals surface area contributed by atoms with Crippen LogP contribution in [0, 0.1) is 31.4 Å². The first-order chi connectivity index (χ1) is 23.3. The van der Waals surface area contributed by atoms with Gasteiger partial charge in [-0.1, -0.05) is 13.8 Å². The van der Waals surface area contributed by atoms with Crippen LogP contribution in [0.2, 0.25) is 0 Å². The van der Waals surface area contributed by atoms with Gasteiger partial charge in [-0.25, -0.2) is 13.2 Å². The van der Waals surface area contributed by atoms with Gasteiger partial charge in [0.2, 0.25) is 5.91 Å². The molecule has 2 N–H and O–H groups in total. The van der Waals surface area contributed by atoms with Gasteiger partial charge in [-0.3, -0.25) is 24.1 Å². The third-order valence-electron chi connectivity index (χ3n) is 8.33. The zero-order valence-electron chi connectivity index (χ0n) is 27.8. The highest BCUT2D eigenvalue weighted by Crippen LogP contribution is 2.40. The van der Waals surface area contributed by atoms with Crippen molar-refractivity contribution in [2.75, 3.05) is 19.6 Å². The quantitative estimate of drug-likeness (QED) is 0.118. The number of alkyl halides is 4. The maximum Gasteiger partial charge on any atom is 0.419 e. The normalized spacial score (nSPS) is 14.8. The molecule has 1 atom stereocenters. The summed E-state index contributed by atoms with van der Waals surface area (Å²) < 4.78 is 86.6. The molecule has 3 aromatic rings. The first kappa shape index (κ1) is 38.1. The Hall–Kier alpha value is -4.72. The molecular weight excluding hydrogens is 668 g/mol. The standard InChI is InChI=1S/C36H37F6N3O5/c1-19(2)10-23(15-30(46)26-6-5-7-45(35(26)50)9-8-44-17-25(38)18-44)34(49)43-29(16-31(47)48)27-13-22(14-28(33(27)39)36(40,41)42)32-20(3)11-24(37)12-21(32)4/h5-7,11-15,19,25,29H,8-10,16-18H2,1-4H3,(H,43,49)(H,47,48)/b23-15+/t29-/m0/s1. The maximum absolute atomic E-state index is 15.7. The van der Waals surface area contributed by atoms with Crippen LogP contribution >= 0.6 is 0 Å². The summed E-state index contributed by atoms with van der Waals surface area (Å²) in [7, 11) is 0. The number of likely N-dealkylation sites (tertiary alicyclic amines) is 1. The van der Waals surface area contributed by atoms with E-state index in [1.165, 1.54) is 36.7 Å². The van der Waals surface area contributed by atoms with Crippen LogP contribution in [0.1, 0.15) is 65.3 Å². The molecule has 2 heterocycles. The first-order valence-corrected chi connectivity index (χ1v) is 15.9. The molecule has 2 aromatic carbocycles. The van der Waals surface area contributed by atoms with Gasteiger partial charge in [0.1, 0.15) is 17.8 Å². The van der Waals surface area contributed by atoms with Crippen molar-refractivity contribution in [3.05, 3.63) is 104 Å². The van der Waals surface area contributed by atoms with Crippen molar-refractivity contribution in [1.29, 1.82) is 0 Å². The third-order valence-corrected chi connectivity index (χ3v) is 8.33. The van der Waals surface area contributed by atoms with Crippen LogP contribution in [-0.2, 0) is 22.3 Å². The number of hydrogen-bond acceptors (Lipinski definition) is 5. The molecule has 1 saturated heterocycles. The van der Waals surface area contributed by atoms with Crippen molar-refractivity contribution < 1.29 is 45.8 Å². The average molecular weight is 706 g/mol. The zero-order valence-corrected chi connectivity index (χ0v) is 27.8. The van der Waals surface area contributed by atoms with Crippen molar-refractivity contribution in [2.24, 2.45) is 5.92 Å². The van der Waals surface area contributed by atoms with Crippen LogP contribution in [0.5, 0.6) is 0 Å². The van der Waals surface area contributed by atoms with Crippen LogP contribution in [0.3, 0.4) is 0 Å². The molecule has 0 unspecified atom stereocenters. The second-order valence-electron chi connectivity index (χ2n) is 12.9. The second-order valence-corrected chi connectivity index (χ2v) is 12.9. The summed E-state index contributed by atoms with van der Waals surface area (Å²) in [5, 5.41) is 12.0. The molecule has 1 aromatic heterocycles. The Morgan fingerprint density at radius 3 is 2.22 bits per heavy atom. The predicted molar refractivity (Wildman–Crippen MR) is 173 cm³/mol. The molecule has 1 aliphatic rings. The van der Waals surface area contributed by atoms with Crippen LogP contribution < -0.4 is 10.9 Å². The monoisotopic (exact) mass is 705 g/mol. The summed E-state index contributed by atoms with van der Waals surface area (Å²) in [6.07, 6.45) is -4.89. The Bertz CT molecular complexity index is 1860. The number of ketones is 1. The van der Waals surface area contributed by atoms with E-state index in [1.807, 2.05) is 0 Å². The Morgan fingerprint density at radius 2 is 1.66 bits per heavy atom. The molecule has 8 nitrogen and oxygen atoms in total. The molecule has 1 amide bonds. The fourth-order valence-electron chi connectivity index (χ4n) is 6.01. The molecule has 4 rings (SSSR count). The summed E-state index contributed by atoms with van der Waals surface area (Å²) in [6.45, 7) is 7.34. The molecule has 0 radical (unpaired) electrons. The number of carboxylic acids is 1. The molecule has 50 heavy (non-hydrogen) atoms. The van der Waals surface area contributed by atoms with Gasteiger partial charge in [0, 0.05) is 43.5 Å². The number of aryl methyl sites for hydroxylation is 2. The maximum atomic E-state index is 15.7. The lowest BCUT2D eigenvalue weighted by atomic mass is 9.89. The van der Waals surface area contributed by atoms with Crippen molar-refractivity contribution in [3.8, 4) is 11.1 Å². The molecule has 268 valence electrons. The lowest BCUT2D eigenvalue weighted by molar-refractivity contribution is -0.140. The van der Waals surface area contributed by atoms with Gasteiger partial charge in [0.15, 0.2) is 5.78 Å². The molecule has 0 spiro atoms. The van der Waals surface area contributed by atoms with Gasteiger partial charge in [0.25, 0.3) is 5.56 Å². The molecular formula is C36H37F6N3O5. The van der Waals surface area contributed by atoms with Crippen LogP contribution in [0.4, 0.5) is 26.3 Å². The third kappa shape index (κ3) is 9.09. The Balaban J connectivity index is 1.73. The van der Waals surface area contributed by atoms with Crippen molar-refractivity contribution in [1.82, 2.24) is 14.8 Å². The summed E-state index contributed by atoms with van der Waals surface area (Å²) in [6, 6.07) is 4.58. The predicted octanol–water partition coefficient (Wildman–Crippen LogP) is 6.57. The molecule has 0 saturated carbocycles. The Morgan fingerprint density at radius 1 is 1.02 bits per heavy atom. The van der Waals surface area contributed by atoms with E-state index in [9.17, 15) is 46.2 Å². The van der Waals surface area contributed by atoms with E-state index in [4.69, 9.17) is 0 Å². The van der Waals surface area contributed by atoms with Gasteiger partial charge < -0.3 is 15.0 Å². The minimum atomic E-state index is -5.23. The van der Waals surface area contributed by atoms with E-state index >= 15 is 4.39 Å². The number of allylic oxidation sites excluding steroid dienone is 1. The highest BCUT2D eigenvalue weighted by molar-refractivity contribution is 6.09. The number of carboxylic acid groups (broad SMARTS) is 1. The van der Waals surface area contributed by atoms with E-state index in [0.717, 1.165) is 24.3 Å². The van der Waals surface area contributed by atoms with Crippen LogP contribution in [0.15, 0.2) is 59.0 Å². The van der Waals surface area contributed by atoms with Gasteiger partial charge >= 0.3 is 12.1 Å². The van der Waals surface area contributed by atoms with Crippen molar-refractivity contribution >= 4 is 17.7 Å². The largest absolute Gasteiger partial charge is 0.481 e. The van der Waals surface area contributed by atoms with E-state index < -0.39 is 70.8 Å². The van der Waals surface area contributed by atoms with Crippen LogP contribution in [0.25, 0.3) is 11.1 Å². The zero-order chi connectivity index (χ0) is 37.1. The van der Waals surface area contributed by atoms with E-state index in [0.29, 0.717) is 12.6 Å². The molecule has 14 heteroatoms. The number of aromatic nitrogens is 1.